The number of carbonyl (C=O) groups is 1. The number of ether oxygens (including phenoxy) is 1. The molecule has 0 bridgehead atoms. The lowest BCUT2D eigenvalue weighted by Gasteiger charge is -2.08. The highest BCUT2D eigenvalue weighted by Crippen LogP contribution is 2.31. The summed E-state index contributed by atoms with van der Waals surface area (Å²) in [6, 6.07) is 11.8. The fraction of sp³-hybridized carbons (Fsp3) is 0.0833. The van der Waals surface area contributed by atoms with Gasteiger partial charge in [-0.25, -0.2) is 4.68 Å². The molecule has 4 N–H and O–H groups in total. The van der Waals surface area contributed by atoms with Crippen molar-refractivity contribution >= 4 is 49.5 Å². The Morgan fingerprint density at radius 2 is 1.86 bits per heavy atom. The maximum Gasteiger partial charge on any atom is 0.246 e. The fourth-order valence-electron chi connectivity index (χ4n) is 3.58. The number of aromatic hydroxyl groups is 3. The van der Waals surface area contributed by atoms with Crippen LogP contribution in [0.3, 0.4) is 0 Å². The Kier molecular flexibility index (Phi) is 5.94. The second kappa shape index (κ2) is 9.23. The summed E-state index contributed by atoms with van der Waals surface area (Å²) < 4.78 is 13.5. The van der Waals surface area contributed by atoms with Crippen molar-refractivity contribution in [2.45, 2.75) is 13.2 Å². The van der Waals surface area contributed by atoms with Crippen LogP contribution in [0.15, 0.2) is 68.4 Å². The predicted octanol–water partition coefficient (Wildman–Crippen LogP) is 3.63. The molecule has 0 spiro atoms. The van der Waals surface area contributed by atoms with E-state index >= 15 is 0 Å². The largest absolute Gasteiger partial charge is 0.507 e. The molecule has 1 amide bonds. The van der Waals surface area contributed by atoms with Crippen LogP contribution in [0.25, 0.3) is 21.9 Å². The predicted molar refractivity (Wildman–Crippen MR) is 132 cm³/mol. The van der Waals surface area contributed by atoms with Gasteiger partial charge in [0.2, 0.25) is 11.3 Å². The number of rotatable bonds is 6. The second-order valence-corrected chi connectivity index (χ2v) is 8.75. The first-order valence-electron chi connectivity index (χ1n) is 10.5. The molecule has 0 unspecified atom stereocenters. The van der Waals surface area contributed by atoms with Crippen LogP contribution in [0.5, 0.6) is 23.0 Å². The summed E-state index contributed by atoms with van der Waals surface area (Å²) >= 11 is 3.32. The molecule has 0 aliphatic heterocycles. The summed E-state index contributed by atoms with van der Waals surface area (Å²) in [6.45, 7) is -0.178. The molecule has 182 valence electrons. The summed E-state index contributed by atoms with van der Waals surface area (Å²) in [4.78, 5) is 25.1. The smallest absolute Gasteiger partial charge is 0.246 e. The molecule has 0 saturated carbocycles. The lowest BCUT2D eigenvalue weighted by Crippen LogP contribution is -2.19. The molecular weight excluding hydrogens is 536 g/mol. The summed E-state index contributed by atoms with van der Waals surface area (Å²) in [6.07, 6.45) is 1.51. The van der Waals surface area contributed by atoms with Gasteiger partial charge in [-0.05, 0) is 30.3 Å². The molecular formula is C24H17BrN4O7. The maximum atomic E-state index is 12.8. The highest BCUT2D eigenvalue weighted by Gasteiger charge is 2.15. The van der Waals surface area contributed by atoms with Crippen molar-refractivity contribution in [3.63, 3.8) is 0 Å². The SMILES string of the molecule is O=C(Cn1cc(COc2cc(O)c3c(=O)c4cc(Br)ccc4oc3c2)nn1)Nc1ccc(O)c(O)c1. The number of hydrogen-bond acceptors (Lipinski definition) is 9. The van der Waals surface area contributed by atoms with Gasteiger partial charge in [0.25, 0.3) is 0 Å². The fourth-order valence-corrected chi connectivity index (χ4v) is 3.94. The van der Waals surface area contributed by atoms with Crippen molar-refractivity contribution in [3.05, 3.63) is 75.1 Å². The summed E-state index contributed by atoms with van der Waals surface area (Å²) in [5.74, 6) is -1.10. The first-order chi connectivity index (χ1) is 17.3. The van der Waals surface area contributed by atoms with E-state index < -0.39 is 5.91 Å². The Hall–Kier alpha value is -4.58. The highest BCUT2D eigenvalue weighted by atomic mass is 79.9. The molecule has 0 saturated heterocycles. The molecule has 0 aliphatic rings. The van der Waals surface area contributed by atoms with Crippen molar-refractivity contribution in [1.29, 1.82) is 0 Å². The van der Waals surface area contributed by atoms with E-state index in [1.807, 2.05) is 0 Å². The van der Waals surface area contributed by atoms with Crippen LogP contribution in [0.2, 0.25) is 0 Å². The maximum absolute atomic E-state index is 12.8. The van der Waals surface area contributed by atoms with Crippen molar-refractivity contribution in [3.8, 4) is 23.0 Å². The molecule has 2 heterocycles. The van der Waals surface area contributed by atoms with Crippen LogP contribution in [0.1, 0.15) is 5.69 Å². The number of benzene rings is 3. The van der Waals surface area contributed by atoms with Gasteiger partial charge >= 0.3 is 0 Å². The molecule has 2 aromatic heterocycles. The number of nitrogens with zero attached hydrogens (tertiary/aromatic N) is 3. The van der Waals surface area contributed by atoms with Gasteiger partial charge in [0.15, 0.2) is 11.5 Å². The number of hydrogen-bond donors (Lipinski definition) is 4. The van der Waals surface area contributed by atoms with E-state index in [1.54, 1.807) is 18.2 Å². The molecule has 0 atom stereocenters. The molecule has 0 radical (unpaired) electrons. The minimum Gasteiger partial charge on any atom is -0.507 e. The lowest BCUT2D eigenvalue weighted by atomic mass is 10.1. The Labute approximate surface area is 210 Å². The quantitative estimate of drug-likeness (QED) is 0.140. The molecule has 0 fully saturated rings. The van der Waals surface area contributed by atoms with Crippen LogP contribution in [-0.2, 0) is 17.9 Å². The zero-order valence-electron chi connectivity index (χ0n) is 18.3. The Balaban J connectivity index is 1.28. The zero-order valence-corrected chi connectivity index (χ0v) is 19.9. The molecule has 5 rings (SSSR count). The highest BCUT2D eigenvalue weighted by molar-refractivity contribution is 9.10. The number of carbonyl (C=O) groups excluding carboxylic acids is 1. The number of phenols is 3. The topological polar surface area (TPSA) is 160 Å². The number of nitrogens with one attached hydrogen (secondary N) is 1. The van der Waals surface area contributed by atoms with Gasteiger partial charge in [-0.3, -0.25) is 9.59 Å². The van der Waals surface area contributed by atoms with E-state index in [-0.39, 0.29) is 52.5 Å². The molecule has 36 heavy (non-hydrogen) atoms. The molecule has 3 aromatic carbocycles. The van der Waals surface area contributed by atoms with Crippen LogP contribution in [0, 0.1) is 0 Å². The number of fused-ring (bicyclic) bond motifs is 2. The zero-order chi connectivity index (χ0) is 25.4. The average Bonchev–Trinajstić information content (AvgIpc) is 3.27. The van der Waals surface area contributed by atoms with Crippen LogP contribution in [-0.4, -0.2) is 36.2 Å². The Bertz CT molecular complexity index is 1700. The van der Waals surface area contributed by atoms with Crippen molar-refractivity contribution in [1.82, 2.24) is 15.0 Å². The van der Waals surface area contributed by atoms with E-state index in [4.69, 9.17) is 9.15 Å². The molecule has 12 heteroatoms. The Morgan fingerprint density at radius 3 is 2.67 bits per heavy atom. The van der Waals surface area contributed by atoms with Gasteiger partial charge in [0, 0.05) is 28.4 Å². The third-order valence-electron chi connectivity index (χ3n) is 5.23. The number of amides is 1. The number of aromatic nitrogens is 3. The van der Waals surface area contributed by atoms with Gasteiger partial charge in [0.05, 0.1) is 11.6 Å². The summed E-state index contributed by atoms with van der Waals surface area (Å²) in [7, 11) is 0. The molecule has 5 aromatic rings. The number of anilines is 1. The second-order valence-electron chi connectivity index (χ2n) is 7.84. The van der Waals surface area contributed by atoms with E-state index in [1.165, 1.54) is 41.2 Å². The average molecular weight is 553 g/mol. The monoisotopic (exact) mass is 552 g/mol. The normalized spacial score (nSPS) is 11.1. The standard InChI is InChI=1S/C24H17BrN4O7/c25-12-1-4-20-16(5-12)24(34)23-19(32)7-15(8-21(23)36-20)35-11-14-9-29(28-27-14)10-22(33)26-13-2-3-17(30)18(31)6-13/h1-9,30-32H,10-11H2,(H,26,33). The first-order valence-corrected chi connectivity index (χ1v) is 11.3. The third kappa shape index (κ3) is 4.66. The van der Waals surface area contributed by atoms with Gasteiger partial charge in [-0.1, -0.05) is 21.1 Å². The molecule has 11 nitrogen and oxygen atoms in total. The van der Waals surface area contributed by atoms with E-state index in [0.717, 1.165) is 0 Å². The minimum absolute atomic E-state index is 0.0246. The van der Waals surface area contributed by atoms with Gasteiger partial charge in [0.1, 0.15) is 46.9 Å². The van der Waals surface area contributed by atoms with Crippen molar-refractivity contribution < 1.29 is 29.3 Å². The first kappa shape index (κ1) is 23.2. The lowest BCUT2D eigenvalue weighted by molar-refractivity contribution is -0.116. The van der Waals surface area contributed by atoms with Gasteiger partial charge in [-0.15, -0.1) is 5.10 Å². The summed E-state index contributed by atoms with van der Waals surface area (Å²) in [5.41, 5.74) is 0.901. The van der Waals surface area contributed by atoms with Crippen LogP contribution < -0.4 is 15.5 Å². The Morgan fingerprint density at radius 1 is 1.03 bits per heavy atom. The molecule has 0 aliphatic carbocycles. The van der Waals surface area contributed by atoms with Crippen molar-refractivity contribution in [2.75, 3.05) is 5.32 Å². The summed E-state index contributed by atoms with van der Waals surface area (Å²) in [5, 5.41) is 40.1. The van der Waals surface area contributed by atoms with Gasteiger partial charge in [-0.2, -0.15) is 0 Å². The number of phenolic OH excluding ortho intramolecular Hbond substituents is 3. The van der Waals surface area contributed by atoms with E-state index in [2.05, 4.69) is 31.6 Å². The van der Waals surface area contributed by atoms with E-state index in [9.17, 15) is 24.9 Å². The minimum atomic E-state index is -0.425. The van der Waals surface area contributed by atoms with Crippen LogP contribution >= 0.6 is 15.9 Å². The van der Waals surface area contributed by atoms with Crippen LogP contribution in [0.4, 0.5) is 5.69 Å². The van der Waals surface area contributed by atoms with E-state index in [0.29, 0.717) is 26.8 Å². The third-order valence-corrected chi connectivity index (χ3v) is 5.72. The number of halogens is 1. The van der Waals surface area contributed by atoms with Crippen molar-refractivity contribution in [2.24, 2.45) is 0 Å². The van der Waals surface area contributed by atoms with Gasteiger partial charge < -0.3 is 29.8 Å².